The summed E-state index contributed by atoms with van der Waals surface area (Å²) in [6, 6.07) is 1.14. The maximum atomic E-state index is 10.9. The van der Waals surface area contributed by atoms with Gasteiger partial charge in [0.1, 0.15) is 0 Å². The lowest BCUT2D eigenvalue weighted by molar-refractivity contribution is -0.142. The molecule has 0 amide bonds. The third-order valence-electron chi connectivity index (χ3n) is 5.08. The molecular weight excluding hydrogens is 238 g/mol. The van der Waals surface area contributed by atoms with Gasteiger partial charge in [-0.05, 0) is 51.4 Å². The molecule has 1 unspecified atom stereocenters. The van der Waals surface area contributed by atoms with Gasteiger partial charge in [0.25, 0.3) is 0 Å². The molecule has 3 nitrogen and oxygen atoms in total. The van der Waals surface area contributed by atoms with Crippen LogP contribution in [0.3, 0.4) is 0 Å². The van der Waals surface area contributed by atoms with E-state index in [1.165, 1.54) is 38.5 Å². The molecule has 0 aliphatic heterocycles. The largest absolute Gasteiger partial charge is 0.481 e. The molecule has 0 radical (unpaired) electrons. The normalized spacial score (nSPS) is 30.4. The molecule has 0 aromatic heterocycles. The van der Waals surface area contributed by atoms with Crippen molar-refractivity contribution in [3.63, 3.8) is 0 Å². The number of nitrogens with one attached hydrogen (secondary N) is 1. The van der Waals surface area contributed by atoms with E-state index in [9.17, 15) is 4.79 Å². The Bertz CT molecular complexity index is 278. The summed E-state index contributed by atoms with van der Waals surface area (Å²) in [5.74, 6) is 0.284. The quantitative estimate of drug-likeness (QED) is 0.773. The molecule has 0 aromatic carbocycles. The zero-order valence-electron chi connectivity index (χ0n) is 12.2. The van der Waals surface area contributed by atoms with Gasteiger partial charge in [-0.2, -0.15) is 0 Å². The van der Waals surface area contributed by atoms with Crippen LogP contribution in [0.25, 0.3) is 0 Å². The van der Waals surface area contributed by atoms with E-state index in [1.807, 2.05) is 0 Å². The van der Waals surface area contributed by atoms with E-state index < -0.39 is 5.97 Å². The fourth-order valence-corrected chi connectivity index (χ4v) is 3.78. The topological polar surface area (TPSA) is 49.3 Å². The minimum atomic E-state index is -0.604. The first-order valence-electron chi connectivity index (χ1n) is 8.14. The summed E-state index contributed by atoms with van der Waals surface area (Å²) in [6.07, 6.45) is 12.2. The van der Waals surface area contributed by atoms with E-state index in [1.54, 1.807) is 0 Å². The van der Waals surface area contributed by atoms with Crippen LogP contribution in [0.5, 0.6) is 0 Å². The summed E-state index contributed by atoms with van der Waals surface area (Å²) in [5.41, 5.74) is 0. The molecule has 19 heavy (non-hydrogen) atoms. The van der Waals surface area contributed by atoms with E-state index in [4.69, 9.17) is 5.11 Å². The highest BCUT2D eigenvalue weighted by Gasteiger charge is 2.26. The highest BCUT2D eigenvalue weighted by Crippen LogP contribution is 2.29. The number of hydrogen-bond donors (Lipinski definition) is 2. The molecule has 0 bridgehead atoms. The van der Waals surface area contributed by atoms with Gasteiger partial charge in [-0.1, -0.05) is 25.7 Å². The van der Waals surface area contributed by atoms with Crippen LogP contribution in [0.4, 0.5) is 0 Å². The first kappa shape index (κ1) is 14.8. The summed E-state index contributed by atoms with van der Waals surface area (Å²) < 4.78 is 0. The minimum Gasteiger partial charge on any atom is -0.481 e. The van der Waals surface area contributed by atoms with Crippen LogP contribution >= 0.6 is 0 Å². The number of carboxylic acid groups (broad SMARTS) is 1. The molecule has 2 N–H and O–H groups in total. The maximum Gasteiger partial charge on any atom is 0.306 e. The highest BCUT2D eigenvalue weighted by molar-refractivity contribution is 5.70. The predicted molar refractivity (Wildman–Crippen MR) is 77.2 cm³/mol. The first-order chi connectivity index (χ1) is 9.15. The van der Waals surface area contributed by atoms with Gasteiger partial charge in [0.15, 0.2) is 0 Å². The van der Waals surface area contributed by atoms with E-state index in [2.05, 4.69) is 12.2 Å². The number of carbonyl (C=O) groups is 1. The molecule has 2 aliphatic rings. The highest BCUT2D eigenvalue weighted by atomic mass is 16.4. The van der Waals surface area contributed by atoms with Gasteiger partial charge >= 0.3 is 5.97 Å². The van der Waals surface area contributed by atoms with E-state index in [-0.39, 0.29) is 5.92 Å². The number of rotatable bonds is 6. The van der Waals surface area contributed by atoms with Crippen LogP contribution in [0.1, 0.15) is 71.1 Å². The average Bonchev–Trinajstić information content (AvgIpc) is 2.90. The number of aliphatic carboxylic acids is 1. The Kier molecular flexibility index (Phi) is 5.68. The monoisotopic (exact) mass is 267 g/mol. The Morgan fingerprint density at radius 3 is 2.37 bits per heavy atom. The zero-order valence-corrected chi connectivity index (χ0v) is 12.2. The van der Waals surface area contributed by atoms with Crippen molar-refractivity contribution in [1.29, 1.82) is 0 Å². The van der Waals surface area contributed by atoms with Gasteiger partial charge in [-0.25, -0.2) is 0 Å². The third kappa shape index (κ3) is 4.79. The molecule has 2 fully saturated rings. The molecular formula is C16H29NO2. The molecule has 1 atom stereocenters. The summed E-state index contributed by atoms with van der Waals surface area (Å²) in [7, 11) is 0. The molecule has 0 spiro atoms. The lowest BCUT2D eigenvalue weighted by Gasteiger charge is -2.29. The fraction of sp³-hybridized carbons (Fsp3) is 0.938. The number of carboxylic acids is 1. The molecule has 2 aliphatic carbocycles. The standard InChI is InChI=1S/C16H29NO2/c1-12(6-7-13-4-2-3-5-13)17-15-10-8-14(9-11-15)16(18)19/h12-15,17H,2-11H2,1H3,(H,18,19). The number of hydrogen-bond acceptors (Lipinski definition) is 2. The van der Waals surface area contributed by atoms with Crippen LogP contribution in [0.15, 0.2) is 0 Å². The zero-order chi connectivity index (χ0) is 13.7. The van der Waals surface area contributed by atoms with Crippen molar-refractivity contribution in [2.75, 3.05) is 0 Å². The fourth-order valence-electron chi connectivity index (χ4n) is 3.78. The van der Waals surface area contributed by atoms with Crippen molar-refractivity contribution in [2.24, 2.45) is 11.8 Å². The maximum absolute atomic E-state index is 10.9. The SMILES string of the molecule is CC(CCC1CCCC1)NC1CCC(C(=O)O)CC1. The molecule has 0 saturated heterocycles. The van der Waals surface area contributed by atoms with Crippen molar-refractivity contribution in [2.45, 2.75) is 83.2 Å². The van der Waals surface area contributed by atoms with Gasteiger partial charge < -0.3 is 10.4 Å². The molecule has 110 valence electrons. The Morgan fingerprint density at radius 1 is 1.16 bits per heavy atom. The average molecular weight is 267 g/mol. The Balaban J connectivity index is 1.60. The van der Waals surface area contributed by atoms with Gasteiger partial charge in [-0.3, -0.25) is 4.79 Å². The van der Waals surface area contributed by atoms with Gasteiger partial charge in [-0.15, -0.1) is 0 Å². The van der Waals surface area contributed by atoms with E-state index in [0.29, 0.717) is 12.1 Å². The van der Waals surface area contributed by atoms with Crippen molar-refractivity contribution in [3.05, 3.63) is 0 Å². The predicted octanol–water partition coefficient (Wildman–Crippen LogP) is 3.58. The van der Waals surface area contributed by atoms with E-state index in [0.717, 1.165) is 31.6 Å². The Hall–Kier alpha value is -0.570. The van der Waals surface area contributed by atoms with Crippen LogP contribution in [0, 0.1) is 11.8 Å². The minimum absolute atomic E-state index is 0.0909. The van der Waals surface area contributed by atoms with Crippen LogP contribution in [0.2, 0.25) is 0 Å². The second-order valence-corrected chi connectivity index (χ2v) is 6.68. The molecule has 0 aromatic rings. The smallest absolute Gasteiger partial charge is 0.306 e. The molecule has 0 heterocycles. The van der Waals surface area contributed by atoms with Crippen LogP contribution < -0.4 is 5.32 Å². The third-order valence-corrected chi connectivity index (χ3v) is 5.08. The van der Waals surface area contributed by atoms with Crippen molar-refractivity contribution >= 4 is 5.97 Å². The van der Waals surface area contributed by atoms with E-state index >= 15 is 0 Å². The first-order valence-corrected chi connectivity index (χ1v) is 8.14. The van der Waals surface area contributed by atoms with Crippen molar-refractivity contribution in [3.8, 4) is 0 Å². The van der Waals surface area contributed by atoms with Crippen LogP contribution in [-0.2, 0) is 4.79 Å². The lowest BCUT2D eigenvalue weighted by atomic mass is 9.85. The van der Waals surface area contributed by atoms with Gasteiger partial charge in [0.2, 0.25) is 0 Å². The Labute approximate surface area is 117 Å². The lowest BCUT2D eigenvalue weighted by Crippen LogP contribution is -2.40. The molecule has 3 heteroatoms. The summed E-state index contributed by atoms with van der Waals surface area (Å²) >= 11 is 0. The molecule has 2 rings (SSSR count). The second kappa shape index (κ2) is 7.28. The summed E-state index contributed by atoms with van der Waals surface area (Å²) in [5, 5.41) is 12.7. The van der Waals surface area contributed by atoms with Gasteiger partial charge in [0.05, 0.1) is 5.92 Å². The summed E-state index contributed by atoms with van der Waals surface area (Å²) in [4.78, 5) is 10.9. The molecule has 2 saturated carbocycles. The van der Waals surface area contributed by atoms with Crippen LogP contribution in [-0.4, -0.2) is 23.2 Å². The van der Waals surface area contributed by atoms with Crippen molar-refractivity contribution < 1.29 is 9.90 Å². The second-order valence-electron chi connectivity index (χ2n) is 6.68. The van der Waals surface area contributed by atoms with Gasteiger partial charge in [0, 0.05) is 12.1 Å². The summed E-state index contributed by atoms with van der Waals surface area (Å²) in [6.45, 7) is 2.29. The van der Waals surface area contributed by atoms with Crippen molar-refractivity contribution in [1.82, 2.24) is 5.32 Å². The Morgan fingerprint density at radius 2 is 1.79 bits per heavy atom.